The number of ether oxygens (including phenoxy) is 1. The molecule has 0 saturated carbocycles. The minimum absolute atomic E-state index is 0.781. The number of pyridine rings is 2. The number of nitrogens with zero attached hydrogens (tertiary/aromatic N) is 2. The van der Waals surface area contributed by atoms with Gasteiger partial charge in [-0.25, -0.2) is 4.98 Å². The van der Waals surface area contributed by atoms with Gasteiger partial charge in [0.1, 0.15) is 5.75 Å². The summed E-state index contributed by atoms with van der Waals surface area (Å²) < 4.78 is 6.10. The molecule has 10 aromatic rings. The van der Waals surface area contributed by atoms with Gasteiger partial charge in [-0.3, -0.25) is 4.98 Å². The number of fused-ring (bicyclic) bond motifs is 7. The standard InChI is InChI=1S/C51H32N2O/c1-54-44-30-35(23-25-40(44)43-28-24-34-22-21-33-16-11-29-52-50(33)51(34)53-43)36-26-27-42-47-37(36)19-10-20-41(47)48-45(31-12-4-2-5-13-31)38-17-8-9-18-39(38)46(49(42)48)32-14-6-3-7-15-32/h2-30H,1H3. The Labute approximate surface area is 312 Å². The van der Waals surface area contributed by atoms with Crippen molar-refractivity contribution in [1.29, 1.82) is 0 Å². The van der Waals surface area contributed by atoms with E-state index in [9.17, 15) is 0 Å². The van der Waals surface area contributed by atoms with Crippen molar-refractivity contribution in [3.63, 3.8) is 0 Å². The first-order chi connectivity index (χ1) is 26.8. The normalized spacial score (nSPS) is 11.8. The van der Waals surface area contributed by atoms with Crippen LogP contribution in [0.25, 0.3) is 110 Å². The van der Waals surface area contributed by atoms with Crippen LogP contribution in [0.3, 0.4) is 0 Å². The highest BCUT2D eigenvalue weighted by molar-refractivity contribution is 6.28. The van der Waals surface area contributed by atoms with Crippen LogP contribution in [0.15, 0.2) is 176 Å². The summed E-state index contributed by atoms with van der Waals surface area (Å²) in [6.45, 7) is 0. The fraction of sp³-hybridized carbons (Fsp3) is 0.0196. The predicted octanol–water partition coefficient (Wildman–Crippen LogP) is 13.4. The third-order valence-electron chi connectivity index (χ3n) is 11.1. The molecular weight excluding hydrogens is 657 g/mol. The Balaban J connectivity index is 1.14. The summed E-state index contributed by atoms with van der Waals surface area (Å²) in [5, 5.41) is 7.17. The zero-order valence-electron chi connectivity index (χ0n) is 29.5. The molecule has 0 bridgehead atoms. The van der Waals surface area contributed by atoms with Crippen LogP contribution in [0.5, 0.6) is 5.75 Å². The lowest BCUT2D eigenvalue weighted by Gasteiger charge is -2.20. The highest BCUT2D eigenvalue weighted by atomic mass is 16.5. The van der Waals surface area contributed by atoms with Crippen molar-refractivity contribution in [1.82, 2.24) is 9.97 Å². The zero-order valence-corrected chi connectivity index (χ0v) is 29.5. The van der Waals surface area contributed by atoms with E-state index in [0.717, 1.165) is 44.4 Å². The molecular formula is C51H32N2O. The van der Waals surface area contributed by atoms with E-state index < -0.39 is 0 Å². The van der Waals surface area contributed by atoms with E-state index in [-0.39, 0.29) is 0 Å². The van der Waals surface area contributed by atoms with Gasteiger partial charge in [-0.1, -0.05) is 146 Å². The average Bonchev–Trinajstić information content (AvgIpc) is 3.57. The molecule has 0 unspecified atom stereocenters. The van der Waals surface area contributed by atoms with Gasteiger partial charge in [0.2, 0.25) is 0 Å². The quantitative estimate of drug-likeness (QED) is 0.169. The number of benzene rings is 8. The monoisotopic (exact) mass is 688 g/mol. The fourth-order valence-corrected chi connectivity index (χ4v) is 8.81. The van der Waals surface area contributed by atoms with Gasteiger partial charge in [-0.15, -0.1) is 0 Å². The Morgan fingerprint density at radius 2 is 1.00 bits per heavy atom. The first-order valence-electron chi connectivity index (χ1n) is 18.4. The molecule has 252 valence electrons. The van der Waals surface area contributed by atoms with E-state index in [0.29, 0.717) is 0 Å². The first kappa shape index (κ1) is 30.5. The molecule has 0 atom stereocenters. The van der Waals surface area contributed by atoms with Crippen LogP contribution in [-0.4, -0.2) is 17.1 Å². The molecule has 3 nitrogen and oxygen atoms in total. The van der Waals surface area contributed by atoms with E-state index in [1.165, 1.54) is 71.6 Å². The molecule has 1 aliphatic carbocycles. The number of methoxy groups -OCH3 is 1. The van der Waals surface area contributed by atoms with E-state index >= 15 is 0 Å². The number of hydrogen-bond acceptors (Lipinski definition) is 3. The van der Waals surface area contributed by atoms with Gasteiger partial charge in [0, 0.05) is 22.5 Å². The topological polar surface area (TPSA) is 35.0 Å². The Kier molecular flexibility index (Phi) is 6.77. The zero-order chi connectivity index (χ0) is 35.8. The lowest BCUT2D eigenvalue weighted by atomic mass is 9.82. The Morgan fingerprint density at radius 1 is 0.407 bits per heavy atom. The second-order valence-electron chi connectivity index (χ2n) is 14.0. The SMILES string of the molecule is COc1cc(-c2ccc3c4c(cccc24)-c2c-3c(-c3ccccc3)c3ccccc3c2-c2ccccc2)ccc1-c1ccc2ccc3cccnc3c2n1. The molecule has 3 heteroatoms. The van der Waals surface area contributed by atoms with E-state index in [1.54, 1.807) is 7.11 Å². The van der Waals surface area contributed by atoms with Gasteiger partial charge in [0.25, 0.3) is 0 Å². The second kappa shape index (κ2) is 12.0. The smallest absolute Gasteiger partial charge is 0.128 e. The number of hydrogen-bond donors (Lipinski definition) is 0. The molecule has 1 aliphatic rings. The molecule has 11 rings (SSSR count). The Bertz CT molecular complexity index is 3040. The van der Waals surface area contributed by atoms with Gasteiger partial charge in [0.05, 0.1) is 23.8 Å². The van der Waals surface area contributed by atoms with Gasteiger partial charge in [-0.05, 0) is 101 Å². The van der Waals surface area contributed by atoms with Gasteiger partial charge < -0.3 is 4.74 Å². The molecule has 0 saturated heterocycles. The number of rotatable bonds is 5. The Hall–Kier alpha value is -7.10. The van der Waals surface area contributed by atoms with Crippen LogP contribution in [-0.2, 0) is 0 Å². The van der Waals surface area contributed by atoms with Crippen molar-refractivity contribution >= 4 is 43.4 Å². The summed E-state index contributed by atoms with van der Waals surface area (Å²) in [5.74, 6) is 0.781. The molecule has 2 aromatic heterocycles. The van der Waals surface area contributed by atoms with Crippen molar-refractivity contribution in [2.75, 3.05) is 7.11 Å². The highest BCUT2D eigenvalue weighted by Gasteiger charge is 2.31. The van der Waals surface area contributed by atoms with Crippen LogP contribution in [0.2, 0.25) is 0 Å². The Morgan fingerprint density at radius 3 is 1.70 bits per heavy atom. The fourth-order valence-electron chi connectivity index (χ4n) is 8.81. The summed E-state index contributed by atoms with van der Waals surface area (Å²) in [4.78, 5) is 9.81. The van der Waals surface area contributed by atoms with Crippen LogP contribution in [0.1, 0.15) is 0 Å². The van der Waals surface area contributed by atoms with Crippen LogP contribution >= 0.6 is 0 Å². The summed E-state index contributed by atoms with van der Waals surface area (Å²) in [5.41, 5.74) is 16.0. The summed E-state index contributed by atoms with van der Waals surface area (Å²) in [6.07, 6.45) is 1.83. The van der Waals surface area contributed by atoms with Gasteiger partial charge in [-0.2, -0.15) is 0 Å². The van der Waals surface area contributed by atoms with Crippen molar-refractivity contribution in [3.8, 4) is 72.6 Å². The largest absolute Gasteiger partial charge is 0.496 e. The predicted molar refractivity (Wildman–Crippen MR) is 225 cm³/mol. The lowest BCUT2D eigenvalue weighted by molar-refractivity contribution is 0.416. The summed E-state index contributed by atoms with van der Waals surface area (Å²) in [6, 6.07) is 61.1. The maximum Gasteiger partial charge on any atom is 0.128 e. The minimum atomic E-state index is 0.781. The molecule has 0 fully saturated rings. The number of aromatic nitrogens is 2. The van der Waals surface area contributed by atoms with Crippen molar-refractivity contribution in [2.24, 2.45) is 0 Å². The van der Waals surface area contributed by atoms with Gasteiger partial charge in [0.15, 0.2) is 0 Å². The van der Waals surface area contributed by atoms with E-state index in [1.807, 2.05) is 12.3 Å². The molecule has 0 radical (unpaired) electrons. The van der Waals surface area contributed by atoms with E-state index in [4.69, 9.17) is 9.72 Å². The van der Waals surface area contributed by atoms with Crippen molar-refractivity contribution in [2.45, 2.75) is 0 Å². The van der Waals surface area contributed by atoms with Crippen molar-refractivity contribution in [3.05, 3.63) is 176 Å². The van der Waals surface area contributed by atoms with Crippen LogP contribution in [0, 0.1) is 0 Å². The summed E-state index contributed by atoms with van der Waals surface area (Å²) in [7, 11) is 1.74. The highest BCUT2D eigenvalue weighted by Crippen LogP contribution is 2.58. The van der Waals surface area contributed by atoms with E-state index in [2.05, 4.69) is 169 Å². The first-order valence-corrected chi connectivity index (χ1v) is 18.4. The molecule has 54 heavy (non-hydrogen) atoms. The summed E-state index contributed by atoms with van der Waals surface area (Å²) >= 11 is 0. The molecule has 0 aliphatic heterocycles. The van der Waals surface area contributed by atoms with Crippen LogP contribution in [0.4, 0.5) is 0 Å². The minimum Gasteiger partial charge on any atom is -0.496 e. The molecule has 0 N–H and O–H groups in total. The third-order valence-corrected chi connectivity index (χ3v) is 11.1. The van der Waals surface area contributed by atoms with Crippen molar-refractivity contribution < 1.29 is 4.74 Å². The second-order valence-corrected chi connectivity index (χ2v) is 14.0. The lowest BCUT2D eigenvalue weighted by Crippen LogP contribution is -1.93. The molecule has 0 amide bonds. The van der Waals surface area contributed by atoms with Crippen LogP contribution < -0.4 is 4.74 Å². The molecule has 2 heterocycles. The molecule has 8 aromatic carbocycles. The van der Waals surface area contributed by atoms with Gasteiger partial charge >= 0.3 is 0 Å². The average molecular weight is 689 g/mol. The third kappa shape index (κ3) is 4.49. The maximum absolute atomic E-state index is 6.10. The maximum atomic E-state index is 6.10. The molecule has 0 spiro atoms.